The molecular formula is C6H4ClN3O4S2. The molecule has 0 saturated carbocycles. The molecule has 0 radical (unpaired) electrons. The second-order valence-corrected chi connectivity index (χ2v) is 6.11. The standard InChI is InChI=1S/C6H4ClN3O4S2/c7-6-4(10(11)12)3-5(15-6)16(13,14)9-2-1-8/h3,9H,2H2. The van der Waals surface area contributed by atoms with Crippen molar-refractivity contribution in [3.05, 3.63) is 20.5 Å². The van der Waals surface area contributed by atoms with Crippen LogP contribution in [0.25, 0.3) is 0 Å². The minimum atomic E-state index is -3.90. The molecule has 1 aromatic rings. The second kappa shape index (κ2) is 4.75. The van der Waals surface area contributed by atoms with Gasteiger partial charge in [-0.2, -0.15) is 9.98 Å². The number of nitriles is 1. The maximum atomic E-state index is 11.4. The van der Waals surface area contributed by atoms with Crippen molar-refractivity contribution in [2.75, 3.05) is 6.54 Å². The number of hydrogen-bond acceptors (Lipinski definition) is 6. The predicted octanol–water partition coefficient (Wildman–Crippen LogP) is 1.11. The average molecular weight is 282 g/mol. The zero-order chi connectivity index (χ0) is 12.3. The summed E-state index contributed by atoms with van der Waals surface area (Å²) in [7, 11) is -3.90. The highest BCUT2D eigenvalue weighted by molar-refractivity contribution is 7.91. The summed E-state index contributed by atoms with van der Waals surface area (Å²) in [5, 5.41) is 18.7. The molecule has 1 rings (SSSR count). The lowest BCUT2D eigenvalue weighted by Crippen LogP contribution is -2.22. The smallest absolute Gasteiger partial charge is 0.258 e. The first-order valence-electron chi connectivity index (χ1n) is 3.69. The van der Waals surface area contributed by atoms with Crippen LogP contribution < -0.4 is 4.72 Å². The Hall–Kier alpha value is -1.21. The van der Waals surface area contributed by atoms with E-state index in [2.05, 4.69) is 0 Å². The van der Waals surface area contributed by atoms with Gasteiger partial charge in [0.2, 0.25) is 0 Å². The predicted molar refractivity (Wildman–Crippen MR) is 56.8 cm³/mol. The highest BCUT2D eigenvalue weighted by Gasteiger charge is 2.24. The van der Waals surface area contributed by atoms with Gasteiger partial charge < -0.3 is 0 Å². The zero-order valence-corrected chi connectivity index (χ0v) is 9.90. The van der Waals surface area contributed by atoms with Gasteiger partial charge in [-0.3, -0.25) is 10.1 Å². The lowest BCUT2D eigenvalue weighted by Gasteiger charge is -1.97. The lowest BCUT2D eigenvalue weighted by atomic mass is 10.6. The molecule has 0 aromatic carbocycles. The number of thiophene rings is 1. The van der Waals surface area contributed by atoms with E-state index in [1.54, 1.807) is 6.07 Å². The number of halogens is 1. The highest BCUT2D eigenvalue weighted by Crippen LogP contribution is 2.35. The molecule has 1 heterocycles. The molecule has 1 aromatic heterocycles. The fourth-order valence-corrected chi connectivity index (χ4v) is 3.42. The van der Waals surface area contributed by atoms with E-state index in [0.717, 1.165) is 6.07 Å². The van der Waals surface area contributed by atoms with Crippen molar-refractivity contribution in [1.82, 2.24) is 4.72 Å². The Morgan fingerprint density at radius 3 is 2.75 bits per heavy atom. The van der Waals surface area contributed by atoms with E-state index < -0.39 is 27.2 Å². The van der Waals surface area contributed by atoms with Crippen molar-refractivity contribution < 1.29 is 13.3 Å². The Morgan fingerprint density at radius 2 is 2.31 bits per heavy atom. The fraction of sp³-hybridized carbons (Fsp3) is 0.167. The van der Waals surface area contributed by atoms with Gasteiger partial charge in [-0.05, 0) is 0 Å². The maximum absolute atomic E-state index is 11.4. The number of nitrogens with one attached hydrogen (secondary N) is 1. The molecular weight excluding hydrogens is 278 g/mol. The van der Waals surface area contributed by atoms with Gasteiger partial charge in [-0.25, -0.2) is 8.42 Å². The van der Waals surface area contributed by atoms with E-state index >= 15 is 0 Å². The van der Waals surface area contributed by atoms with Crippen LogP contribution in [-0.4, -0.2) is 19.9 Å². The van der Waals surface area contributed by atoms with Gasteiger partial charge in [0, 0.05) is 6.07 Å². The van der Waals surface area contributed by atoms with Crippen molar-refractivity contribution >= 4 is 38.6 Å². The van der Waals surface area contributed by atoms with E-state index in [-0.39, 0.29) is 8.55 Å². The van der Waals surface area contributed by atoms with Crippen molar-refractivity contribution in [2.24, 2.45) is 0 Å². The SMILES string of the molecule is N#CCNS(=O)(=O)c1cc([N+](=O)[O-])c(Cl)s1. The molecule has 0 aliphatic heterocycles. The molecule has 0 saturated heterocycles. The Balaban J connectivity index is 3.11. The first-order valence-corrected chi connectivity index (χ1v) is 6.36. The molecule has 0 atom stereocenters. The molecule has 0 bridgehead atoms. The van der Waals surface area contributed by atoms with E-state index in [0.29, 0.717) is 11.3 Å². The van der Waals surface area contributed by atoms with Crippen LogP contribution in [-0.2, 0) is 10.0 Å². The molecule has 7 nitrogen and oxygen atoms in total. The second-order valence-electron chi connectivity index (χ2n) is 2.46. The Morgan fingerprint density at radius 1 is 1.69 bits per heavy atom. The first-order chi connectivity index (χ1) is 7.38. The van der Waals surface area contributed by atoms with Crippen LogP contribution >= 0.6 is 22.9 Å². The zero-order valence-electron chi connectivity index (χ0n) is 7.51. The number of sulfonamides is 1. The summed E-state index contributed by atoms with van der Waals surface area (Å²) in [6.45, 7) is -0.411. The number of hydrogen-bond donors (Lipinski definition) is 1. The molecule has 86 valence electrons. The summed E-state index contributed by atoms with van der Waals surface area (Å²) in [4.78, 5) is 9.66. The Kier molecular flexibility index (Phi) is 3.82. The fourth-order valence-electron chi connectivity index (χ4n) is 0.794. The molecule has 16 heavy (non-hydrogen) atoms. The molecule has 0 aliphatic rings. The molecule has 10 heteroatoms. The third-order valence-corrected chi connectivity index (χ3v) is 4.66. The Bertz CT molecular complexity index is 559. The normalized spacial score (nSPS) is 11.0. The third kappa shape index (κ3) is 2.67. The van der Waals surface area contributed by atoms with Crippen LogP contribution in [0.4, 0.5) is 5.69 Å². The average Bonchev–Trinajstić information content (AvgIpc) is 2.58. The first kappa shape index (κ1) is 12.9. The van der Waals surface area contributed by atoms with Crippen LogP contribution in [0.5, 0.6) is 0 Å². The minimum absolute atomic E-state index is 0.220. The van der Waals surface area contributed by atoms with Gasteiger partial charge in [0.25, 0.3) is 15.7 Å². The van der Waals surface area contributed by atoms with Crippen molar-refractivity contribution in [1.29, 1.82) is 5.26 Å². The summed E-state index contributed by atoms with van der Waals surface area (Å²) < 4.78 is 24.3. The largest absolute Gasteiger partial charge is 0.300 e. The van der Waals surface area contributed by atoms with Gasteiger partial charge in [-0.15, -0.1) is 11.3 Å². The van der Waals surface area contributed by atoms with Gasteiger partial charge in [0.1, 0.15) is 4.21 Å². The summed E-state index contributed by atoms with van der Waals surface area (Å²) >= 11 is 6.06. The van der Waals surface area contributed by atoms with Crippen LogP contribution in [0.15, 0.2) is 10.3 Å². The molecule has 0 aliphatic carbocycles. The highest BCUT2D eigenvalue weighted by atomic mass is 35.5. The molecule has 1 N–H and O–H groups in total. The van der Waals surface area contributed by atoms with E-state index in [1.165, 1.54) is 0 Å². The molecule has 0 spiro atoms. The van der Waals surface area contributed by atoms with Crippen molar-refractivity contribution in [3.63, 3.8) is 0 Å². The van der Waals surface area contributed by atoms with Gasteiger partial charge >= 0.3 is 0 Å². The summed E-state index contributed by atoms with van der Waals surface area (Å²) in [6, 6.07) is 2.44. The summed E-state index contributed by atoms with van der Waals surface area (Å²) in [5.41, 5.74) is -0.469. The molecule has 0 amide bonds. The monoisotopic (exact) mass is 281 g/mol. The molecule has 0 fully saturated rings. The van der Waals surface area contributed by atoms with E-state index in [1.807, 2.05) is 4.72 Å². The van der Waals surface area contributed by atoms with Gasteiger partial charge in [-0.1, -0.05) is 11.6 Å². The van der Waals surface area contributed by atoms with Crippen LogP contribution in [0, 0.1) is 21.4 Å². The quantitative estimate of drug-likeness (QED) is 0.504. The number of nitrogens with zero attached hydrogens (tertiary/aromatic N) is 2. The van der Waals surface area contributed by atoms with Crippen LogP contribution in [0.2, 0.25) is 4.34 Å². The summed E-state index contributed by atoms with van der Waals surface area (Å²) in [5.74, 6) is 0. The third-order valence-electron chi connectivity index (χ3n) is 1.45. The van der Waals surface area contributed by atoms with Crippen molar-refractivity contribution in [3.8, 4) is 6.07 Å². The Labute approximate surface area is 99.5 Å². The van der Waals surface area contributed by atoms with Crippen LogP contribution in [0.1, 0.15) is 0 Å². The topological polar surface area (TPSA) is 113 Å². The summed E-state index contributed by atoms with van der Waals surface area (Å²) in [6.07, 6.45) is 0. The van der Waals surface area contributed by atoms with Gasteiger partial charge in [0.05, 0.1) is 17.5 Å². The maximum Gasteiger partial charge on any atom is 0.300 e. The van der Waals surface area contributed by atoms with Crippen molar-refractivity contribution in [2.45, 2.75) is 4.21 Å². The number of rotatable bonds is 4. The number of nitro groups is 1. The van der Waals surface area contributed by atoms with E-state index in [4.69, 9.17) is 16.9 Å². The lowest BCUT2D eigenvalue weighted by molar-refractivity contribution is -0.384. The van der Waals surface area contributed by atoms with E-state index in [9.17, 15) is 18.5 Å². The minimum Gasteiger partial charge on any atom is -0.258 e. The molecule has 0 unspecified atom stereocenters. The van der Waals surface area contributed by atoms with Gasteiger partial charge in [0.15, 0.2) is 4.34 Å². The van der Waals surface area contributed by atoms with Crippen LogP contribution in [0.3, 0.4) is 0 Å².